The fourth-order valence-electron chi connectivity index (χ4n) is 4.60. The number of alkyl halides is 4. The summed E-state index contributed by atoms with van der Waals surface area (Å²) in [5, 5.41) is 0. The van der Waals surface area contributed by atoms with E-state index in [-0.39, 0.29) is 0 Å². The average molecular weight is 483 g/mol. The fraction of sp³-hybridized carbons (Fsp3) is 0.667. The van der Waals surface area contributed by atoms with Crippen molar-refractivity contribution in [1.82, 2.24) is 4.57 Å². The maximum absolute atomic E-state index is 13.5. The van der Waals surface area contributed by atoms with Gasteiger partial charge in [-0.15, -0.1) is 0 Å². The number of halogens is 4. The van der Waals surface area contributed by atoms with Crippen LogP contribution in [0.4, 0.5) is 23.2 Å². The van der Waals surface area contributed by atoms with Crippen LogP contribution in [0.2, 0.25) is 0 Å². The van der Waals surface area contributed by atoms with Crippen molar-refractivity contribution < 1.29 is 22.1 Å². The van der Waals surface area contributed by atoms with E-state index < -0.39 is 24.9 Å². The lowest BCUT2D eigenvalue weighted by Crippen LogP contribution is -2.38. The number of hydrogen-bond acceptors (Lipinski definition) is 1. The molecule has 7 heteroatoms. The molecule has 1 aliphatic heterocycles. The van der Waals surface area contributed by atoms with E-state index in [1.807, 2.05) is 23.3 Å². The van der Waals surface area contributed by atoms with Crippen LogP contribution in [0.25, 0.3) is 5.69 Å². The summed E-state index contributed by atoms with van der Waals surface area (Å²) in [5.41, 5.74) is 1.26. The van der Waals surface area contributed by atoms with E-state index in [4.69, 9.17) is 0 Å². The maximum atomic E-state index is 13.5. The zero-order valence-electron chi connectivity index (χ0n) is 20.5. The molecule has 0 atom stereocenters. The number of aryl methyl sites for hydroxylation is 1. The summed E-state index contributed by atoms with van der Waals surface area (Å²) < 4.78 is 58.0. The van der Waals surface area contributed by atoms with E-state index in [9.17, 15) is 17.6 Å². The zero-order chi connectivity index (χ0) is 24.4. The number of rotatable bonds is 15. The van der Waals surface area contributed by atoms with Crippen molar-refractivity contribution in [2.45, 2.75) is 102 Å². The van der Waals surface area contributed by atoms with Gasteiger partial charge in [-0.25, -0.2) is 9.13 Å². The van der Waals surface area contributed by atoms with Crippen LogP contribution in [0.1, 0.15) is 84.0 Å². The van der Waals surface area contributed by atoms with Crippen LogP contribution >= 0.6 is 0 Å². The minimum absolute atomic E-state index is 0.386. The van der Waals surface area contributed by atoms with E-state index in [0.29, 0.717) is 5.69 Å². The number of unbranched alkanes of at least 4 members (excludes halogenated alkanes) is 11. The van der Waals surface area contributed by atoms with Gasteiger partial charge in [0.15, 0.2) is 0 Å². The molecule has 2 heterocycles. The highest BCUT2D eigenvalue weighted by Crippen LogP contribution is 2.42. The first kappa shape index (κ1) is 26.6. The SMILES string of the molecule is CCCCCCCCCCCCCC[n+]1ccn(-c2ccc(N3CC(F)(F)C(F)(F)C3)cc2)c1. The Bertz CT molecular complexity index is 832. The number of imidazole rings is 1. The molecule has 1 saturated heterocycles. The normalized spacial score (nSPS) is 16.9. The number of aromatic nitrogens is 2. The summed E-state index contributed by atoms with van der Waals surface area (Å²) in [6.45, 7) is 1.30. The van der Waals surface area contributed by atoms with Gasteiger partial charge in [-0.1, -0.05) is 71.1 Å². The van der Waals surface area contributed by atoms with Gasteiger partial charge in [0, 0.05) is 5.69 Å². The largest absolute Gasteiger partial charge is 0.359 e. The predicted octanol–water partition coefficient (Wildman–Crippen LogP) is 7.56. The van der Waals surface area contributed by atoms with Crippen molar-refractivity contribution in [2.24, 2.45) is 0 Å². The lowest BCUT2D eigenvalue weighted by molar-refractivity contribution is -0.696. The molecular formula is C27H40F4N3+. The van der Waals surface area contributed by atoms with Crippen molar-refractivity contribution >= 4 is 5.69 Å². The van der Waals surface area contributed by atoms with Gasteiger partial charge in [-0.3, -0.25) is 0 Å². The van der Waals surface area contributed by atoms with Crippen LogP contribution in [0.5, 0.6) is 0 Å². The van der Waals surface area contributed by atoms with Crippen LogP contribution in [0.15, 0.2) is 43.0 Å². The van der Waals surface area contributed by atoms with E-state index in [1.165, 1.54) is 70.6 Å². The monoisotopic (exact) mass is 482 g/mol. The van der Waals surface area contributed by atoms with Crippen LogP contribution in [-0.2, 0) is 6.54 Å². The van der Waals surface area contributed by atoms with Gasteiger partial charge in [-0.05, 0) is 37.1 Å². The van der Waals surface area contributed by atoms with Crippen molar-refractivity contribution in [3.63, 3.8) is 0 Å². The molecule has 3 rings (SSSR count). The quantitative estimate of drug-likeness (QED) is 0.145. The van der Waals surface area contributed by atoms with Crippen molar-refractivity contribution in [2.75, 3.05) is 18.0 Å². The Labute approximate surface area is 201 Å². The van der Waals surface area contributed by atoms with Crippen LogP contribution in [0, 0.1) is 0 Å². The Balaban J connectivity index is 1.33. The van der Waals surface area contributed by atoms with Crippen molar-refractivity contribution in [3.8, 4) is 5.69 Å². The highest BCUT2D eigenvalue weighted by Gasteiger charge is 2.62. The van der Waals surface area contributed by atoms with Gasteiger partial charge in [-0.2, -0.15) is 17.6 Å². The molecule has 0 unspecified atom stereocenters. The number of nitrogens with zero attached hydrogens (tertiary/aromatic N) is 3. The van der Waals surface area contributed by atoms with Gasteiger partial charge in [0.25, 0.3) is 0 Å². The Morgan fingerprint density at radius 2 is 1.18 bits per heavy atom. The molecular weight excluding hydrogens is 442 g/mol. The van der Waals surface area contributed by atoms with Crippen molar-refractivity contribution in [3.05, 3.63) is 43.0 Å². The van der Waals surface area contributed by atoms with Crippen LogP contribution < -0.4 is 9.47 Å². The molecule has 0 N–H and O–H groups in total. The third-order valence-corrected chi connectivity index (χ3v) is 6.79. The second-order valence-corrected chi connectivity index (χ2v) is 9.73. The van der Waals surface area contributed by atoms with Gasteiger partial charge in [0.1, 0.15) is 18.1 Å². The van der Waals surface area contributed by atoms with Gasteiger partial charge < -0.3 is 4.90 Å². The van der Waals surface area contributed by atoms with Gasteiger partial charge in [0.2, 0.25) is 6.33 Å². The molecule has 0 bridgehead atoms. The second kappa shape index (κ2) is 12.6. The first-order valence-electron chi connectivity index (χ1n) is 13.0. The third kappa shape index (κ3) is 7.47. The number of anilines is 1. The lowest BCUT2D eigenvalue weighted by atomic mass is 10.1. The topological polar surface area (TPSA) is 12.0 Å². The van der Waals surface area contributed by atoms with E-state index >= 15 is 0 Å². The molecule has 0 aliphatic carbocycles. The van der Waals surface area contributed by atoms with Crippen LogP contribution in [-0.4, -0.2) is 29.5 Å². The molecule has 1 fully saturated rings. The van der Waals surface area contributed by atoms with E-state index in [2.05, 4.69) is 11.5 Å². The summed E-state index contributed by atoms with van der Waals surface area (Å²) >= 11 is 0. The number of hydrogen-bond donors (Lipinski definition) is 0. The van der Waals surface area contributed by atoms with Gasteiger partial charge >= 0.3 is 11.8 Å². The fourth-order valence-corrected chi connectivity index (χ4v) is 4.60. The van der Waals surface area contributed by atoms with Crippen LogP contribution in [0.3, 0.4) is 0 Å². The highest BCUT2D eigenvalue weighted by atomic mass is 19.3. The first-order chi connectivity index (χ1) is 16.3. The third-order valence-electron chi connectivity index (χ3n) is 6.79. The molecule has 2 aromatic rings. The standard InChI is InChI=1S/C27H40F4N3/c1-2-3-4-5-6-7-8-9-10-11-12-13-18-32-19-20-33(23-32)24-14-16-25(17-15-24)34-21-26(28,29)27(30,31)22-34/h14-17,19-20,23H,2-13,18,21-22H2,1H3/q+1. The Morgan fingerprint density at radius 3 is 1.71 bits per heavy atom. The summed E-state index contributed by atoms with van der Waals surface area (Å²) in [6.07, 6.45) is 21.9. The van der Waals surface area contributed by atoms with E-state index in [1.54, 1.807) is 24.3 Å². The summed E-state index contributed by atoms with van der Waals surface area (Å²) in [5.74, 6) is -7.99. The Morgan fingerprint density at radius 1 is 0.706 bits per heavy atom. The molecule has 1 aromatic carbocycles. The zero-order valence-corrected chi connectivity index (χ0v) is 20.5. The minimum atomic E-state index is -3.99. The van der Waals surface area contributed by atoms with Gasteiger partial charge in [0.05, 0.1) is 19.6 Å². The molecule has 190 valence electrons. The van der Waals surface area contributed by atoms with E-state index in [0.717, 1.165) is 23.6 Å². The molecule has 1 aromatic heterocycles. The first-order valence-corrected chi connectivity index (χ1v) is 13.0. The Hall–Kier alpha value is -2.05. The highest BCUT2D eigenvalue weighted by molar-refractivity contribution is 5.52. The molecule has 0 spiro atoms. The average Bonchev–Trinajstić information content (AvgIpc) is 3.36. The maximum Gasteiger partial charge on any atom is 0.329 e. The molecule has 0 saturated carbocycles. The predicted molar refractivity (Wildman–Crippen MR) is 129 cm³/mol. The minimum Gasteiger partial charge on any atom is -0.359 e. The molecule has 0 radical (unpaired) electrons. The molecule has 0 amide bonds. The Kier molecular flexibility index (Phi) is 9.84. The second-order valence-electron chi connectivity index (χ2n) is 9.73. The summed E-state index contributed by atoms with van der Waals surface area (Å²) in [4.78, 5) is 1.05. The molecule has 34 heavy (non-hydrogen) atoms. The molecule has 3 nitrogen and oxygen atoms in total. The number of benzene rings is 1. The molecule has 1 aliphatic rings. The smallest absolute Gasteiger partial charge is 0.329 e. The van der Waals surface area contributed by atoms with Crippen molar-refractivity contribution in [1.29, 1.82) is 0 Å². The summed E-state index contributed by atoms with van der Waals surface area (Å²) in [6, 6.07) is 6.81. The summed E-state index contributed by atoms with van der Waals surface area (Å²) in [7, 11) is 0. The lowest BCUT2D eigenvalue weighted by Gasteiger charge is -2.16.